The SMILES string of the molecule is CC(=O)NC1=NN(C(C)=O)[C@H](c2ccc(OS(=O)(=O)c3ccccc3)c(Br)c2)S1. The van der Waals surface area contributed by atoms with Crippen LogP contribution in [0.5, 0.6) is 5.75 Å². The van der Waals surface area contributed by atoms with Crippen molar-refractivity contribution in [3.63, 3.8) is 0 Å². The highest BCUT2D eigenvalue weighted by molar-refractivity contribution is 9.10. The lowest BCUT2D eigenvalue weighted by molar-refractivity contribution is -0.129. The Labute approximate surface area is 180 Å². The Morgan fingerprint density at radius 1 is 1.17 bits per heavy atom. The molecule has 2 aromatic carbocycles. The number of hydrazone groups is 1. The Morgan fingerprint density at radius 3 is 2.45 bits per heavy atom. The molecule has 0 unspecified atom stereocenters. The van der Waals surface area contributed by atoms with Crippen molar-refractivity contribution in [1.29, 1.82) is 0 Å². The van der Waals surface area contributed by atoms with Gasteiger partial charge in [0.1, 0.15) is 10.3 Å². The molecule has 0 radical (unpaired) electrons. The molecule has 0 aliphatic carbocycles. The van der Waals surface area contributed by atoms with Crippen molar-refractivity contribution in [3.05, 3.63) is 58.6 Å². The average molecular weight is 498 g/mol. The molecular weight excluding hydrogens is 482 g/mol. The molecule has 11 heteroatoms. The number of benzene rings is 2. The van der Waals surface area contributed by atoms with E-state index >= 15 is 0 Å². The molecule has 2 aromatic rings. The van der Waals surface area contributed by atoms with E-state index in [9.17, 15) is 18.0 Å². The number of hydrogen-bond donors (Lipinski definition) is 1. The predicted octanol–water partition coefficient (Wildman–Crippen LogP) is 3.22. The van der Waals surface area contributed by atoms with Crippen LogP contribution < -0.4 is 9.50 Å². The Hall–Kier alpha value is -2.37. The number of amidine groups is 1. The lowest BCUT2D eigenvalue weighted by atomic mass is 10.2. The third kappa shape index (κ3) is 4.98. The molecular formula is C18H16BrN3O5S2. The standard InChI is InChI=1S/C18H16BrN3O5S2/c1-11(23)20-18-21-22(12(2)24)17(28-18)13-8-9-16(15(19)10-13)27-29(25,26)14-6-4-3-5-7-14/h3-10,17H,1-2H3,(H,20,21,23)/t17-/m0/s1. The molecule has 0 saturated heterocycles. The van der Waals surface area contributed by atoms with E-state index in [0.29, 0.717) is 15.2 Å². The van der Waals surface area contributed by atoms with Gasteiger partial charge < -0.3 is 9.50 Å². The van der Waals surface area contributed by atoms with Gasteiger partial charge in [-0.05, 0) is 45.8 Å². The molecule has 1 atom stereocenters. The van der Waals surface area contributed by atoms with Crippen molar-refractivity contribution in [2.24, 2.45) is 5.10 Å². The van der Waals surface area contributed by atoms with Crippen molar-refractivity contribution in [3.8, 4) is 5.75 Å². The van der Waals surface area contributed by atoms with Crippen LogP contribution in [0.1, 0.15) is 24.8 Å². The second-order valence-corrected chi connectivity index (χ2v) is 9.43. The van der Waals surface area contributed by atoms with Gasteiger partial charge in [0, 0.05) is 13.8 Å². The average Bonchev–Trinajstić information content (AvgIpc) is 3.07. The van der Waals surface area contributed by atoms with Crippen LogP contribution in [0.15, 0.2) is 63.0 Å². The number of hydrogen-bond acceptors (Lipinski definition) is 7. The normalized spacial score (nSPS) is 16.3. The Bertz CT molecular complexity index is 1090. The maximum atomic E-state index is 12.4. The maximum Gasteiger partial charge on any atom is 0.339 e. The fourth-order valence-corrected chi connectivity index (χ4v) is 5.15. The molecule has 8 nitrogen and oxygen atoms in total. The van der Waals surface area contributed by atoms with Crippen LogP contribution in [-0.4, -0.2) is 30.4 Å². The zero-order chi connectivity index (χ0) is 21.2. The van der Waals surface area contributed by atoms with E-state index in [1.165, 1.54) is 48.8 Å². The van der Waals surface area contributed by atoms with Crippen LogP contribution in [-0.2, 0) is 19.7 Å². The number of thioether (sulfide) groups is 1. The summed E-state index contributed by atoms with van der Waals surface area (Å²) in [6.07, 6.45) is 0. The van der Waals surface area contributed by atoms with Crippen LogP contribution in [0, 0.1) is 0 Å². The number of halogens is 1. The fraction of sp³-hybridized carbons (Fsp3) is 0.167. The first-order valence-corrected chi connectivity index (χ1v) is 11.4. The van der Waals surface area contributed by atoms with Crippen LogP contribution in [0.2, 0.25) is 0 Å². The number of carbonyl (C=O) groups is 2. The van der Waals surface area contributed by atoms with Crippen LogP contribution in [0.4, 0.5) is 0 Å². The van der Waals surface area contributed by atoms with E-state index in [1.807, 2.05) is 0 Å². The molecule has 0 bridgehead atoms. The molecule has 0 aromatic heterocycles. The molecule has 0 spiro atoms. The summed E-state index contributed by atoms with van der Waals surface area (Å²) in [6, 6.07) is 12.6. The van der Waals surface area contributed by atoms with Crippen molar-refractivity contribution in [1.82, 2.24) is 10.3 Å². The monoisotopic (exact) mass is 497 g/mol. The molecule has 29 heavy (non-hydrogen) atoms. The second kappa shape index (κ2) is 8.56. The summed E-state index contributed by atoms with van der Waals surface area (Å²) in [5.41, 5.74) is 0.672. The number of nitrogens with one attached hydrogen (secondary N) is 1. The third-order valence-electron chi connectivity index (χ3n) is 3.72. The molecule has 1 heterocycles. The largest absolute Gasteiger partial charge is 0.378 e. The highest BCUT2D eigenvalue weighted by atomic mass is 79.9. The van der Waals surface area contributed by atoms with E-state index in [4.69, 9.17) is 4.18 Å². The minimum Gasteiger partial charge on any atom is -0.378 e. The lowest BCUT2D eigenvalue weighted by Crippen LogP contribution is -2.25. The fourth-order valence-electron chi connectivity index (χ4n) is 2.47. The zero-order valence-corrected chi connectivity index (χ0v) is 18.5. The predicted molar refractivity (Wildman–Crippen MR) is 113 cm³/mol. The van der Waals surface area contributed by atoms with Crippen molar-refractivity contribution >= 4 is 54.8 Å². The number of carbonyl (C=O) groups excluding carboxylic acids is 2. The minimum atomic E-state index is -3.98. The smallest absolute Gasteiger partial charge is 0.339 e. The topological polar surface area (TPSA) is 105 Å². The van der Waals surface area contributed by atoms with E-state index in [0.717, 1.165) is 0 Å². The summed E-state index contributed by atoms with van der Waals surface area (Å²) in [5.74, 6) is -0.486. The summed E-state index contributed by atoms with van der Waals surface area (Å²) in [4.78, 5) is 23.3. The summed E-state index contributed by atoms with van der Waals surface area (Å²) >= 11 is 4.52. The van der Waals surface area contributed by atoms with Gasteiger partial charge in [0.15, 0.2) is 10.9 Å². The van der Waals surface area contributed by atoms with Crippen molar-refractivity contribution in [2.75, 3.05) is 0 Å². The van der Waals surface area contributed by atoms with Gasteiger partial charge in [-0.15, -0.1) is 5.10 Å². The highest BCUT2D eigenvalue weighted by Gasteiger charge is 2.33. The molecule has 2 amide bonds. The maximum absolute atomic E-state index is 12.4. The van der Waals surface area contributed by atoms with Gasteiger partial charge in [-0.25, -0.2) is 5.01 Å². The van der Waals surface area contributed by atoms with Crippen molar-refractivity contribution in [2.45, 2.75) is 24.1 Å². The van der Waals surface area contributed by atoms with Gasteiger partial charge in [-0.3, -0.25) is 9.59 Å². The summed E-state index contributed by atoms with van der Waals surface area (Å²) in [6.45, 7) is 2.72. The molecule has 3 rings (SSSR count). The summed E-state index contributed by atoms with van der Waals surface area (Å²) in [7, 11) is -3.98. The van der Waals surface area contributed by atoms with E-state index in [2.05, 4.69) is 26.3 Å². The minimum absolute atomic E-state index is 0.0402. The lowest BCUT2D eigenvalue weighted by Gasteiger charge is -2.20. The van der Waals surface area contributed by atoms with E-state index in [1.54, 1.807) is 30.3 Å². The molecule has 152 valence electrons. The van der Waals surface area contributed by atoms with Crippen molar-refractivity contribution < 1.29 is 22.2 Å². The highest BCUT2D eigenvalue weighted by Crippen LogP contribution is 2.41. The zero-order valence-electron chi connectivity index (χ0n) is 15.3. The molecule has 1 N–H and O–H groups in total. The molecule has 0 saturated carbocycles. The van der Waals surface area contributed by atoms with Gasteiger partial charge in [-0.1, -0.05) is 36.0 Å². The molecule has 1 aliphatic rings. The Kier molecular flexibility index (Phi) is 6.30. The van der Waals surface area contributed by atoms with E-state index < -0.39 is 15.5 Å². The molecule has 0 fully saturated rings. The summed E-state index contributed by atoms with van der Waals surface area (Å²) < 4.78 is 30.5. The Morgan fingerprint density at radius 2 is 1.86 bits per heavy atom. The van der Waals surface area contributed by atoms with Crippen LogP contribution in [0.25, 0.3) is 0 Å². The van der Waals surface area contributed by atoms with Gasteiger partial charge in [0.05, 0.1) is 4.47 Å². The van der Waals surface area contributed by atoms with Crippen LogP contribution >= 0.6 is 27.7 Å². The Balaban J connectivity index is 1.84. The quantitative estimate of drug-likeness (QED) is 0.650. The number of rotatable bonds is 4. The number of nitrogens with zero attached hydrogens (tertiary/aromatic N) is 2. The first-order chi connectivity index (χ1) is 13.7. The van der Waals surface area contributed by atoms with Gasteiger partial charge in [-0.2, -0.15) is 8.42 Å². The molecule has 1 aliphatic heterocycles. The van der Waals surface area contributed by atoms with Crippen LogP contribution in [0.3, 0.4) is 0 Å². The first kappa shape index (κ1) is 21.3. The van der Waals surface area contributed by atoms with Gasteiger partial charge in [0.25, 0.3) is 0 Å². The van der Waals surface area contributed by atoms with Gasteiger partial charge in [0.2, 0.25) is 11.8 Å². The summed E-state index contributed by atoms with van der Waals surface area (Å²) in [5, 5.41) is 7.74. The third-order valence-corrected chi connectivity index (χ3v) is 6.69. The number of amides is 2. The van der Waals surface area contributed by atoms with Gasteiger partial charge >= 0.3 is 10.1 Å². The van der Waals surface area contributed by atoms with E-state index in [-0.39, 0.29) is 22.5 Å². The first-order valence-electron chi connectivity index (χ1n) is 8.29. The second-order valence-electron chi connectivity index (χ2n) is 5.96.